The molecule has 7 heteroatoms. The van der Waals surface area contributed by atoms with Gasteiger partial charge in [0.25, 0.3) is 0 Å². The van der Waals surface area contributed by atoms with Gasteiger partial charge in [-0.05, 0) is 25.3 Å². The van der Waals surface area contributed by atoms with E-state index in [4.69, 9.17) is 4.74 Å². The molecule has 6 nitrogen and oxygen atoms in total. The Hall–Kier alpha value is -1.18. The van der Waals surface area contributed by atoms with Gasteiger partial charge in [-0.25, -0.2) is 13.1 Å². The van der Waals surface area contributed by atoms with E-state index in [1.807, 2.05) is 6.92 Å². The molecular weight excluding hydrogens is 278 g/mol. The van der Waals surface area contributed by atoms with Crippen LogP contribution in [0.15, 0.2) is 23.4 Å². The van der Waals surface area contributed by atoms with Crippen molar-refractivity contribution in [2.75, 3.05) is 25.1 Å². The lowest BCUT2D eigenvalue weighted by Crippen LogP contribution is -2.39. The van der Waals surface area contributed by atoms with Crippen molar-refractivity contribution in [3.8, 4) is 0 Å². The van der Waals surface area contributed by atoms with Crippen molar-refractivity contribution in [2.45, 2.75) is 37.1 Å². The Kier molecular flexibility index (Phi) is 5.33. The minimum atomic E-state index is -3.55. The third-order valence-corrected chi connectivity index (χ3v) is 4.73. The second-order valence-corrected chi connectivity index (χ2v) is 6.49. The van der Waals surface area contributed by atoms with E-state index >= 15 is 0 Å². The summed E-state index contributed by atoms with van der Waals surface area (Å²) in [5.41, 5.74) is 0.599. The number of hydrogen-bond acceptors (Lipinski definition) is 5. The maximum atomic E-state index is 12.5. The molecule has 2 N–H and O–H groups in total. The van der Waals surface area contributed by atoms with Crippen molar-refractivity contribution < 1.29 is 13.2 Å². The van der Waals surface area contributed by atoms with E-state index in [0.29, 0.717) is 31.7 Å². The molecule has 1 aliphatic rings. The van der Waals surface area contributed by atoms with Crippen LogP contribution in [0.2, 0.25) is 0 Å². The maximum absolute atomic E-state index is 12.5. The highest BCUT2D eigenvalue weighted by Crippen LogP contribution is 2.21. The van der Waals surface area contributed by atoms with Crippen molar-refractivity contribution in [3.05, 3.63) is 18.5 Å². The topological polar surface area (TPSA) is 80.3 Å². The predicted molar refractivity (Wildman–Crippen MR) is 77.2 cm³/mol. The number of pyridine rings is 1. The van der Waals surface area contributed by atoms with Crippen LogP contribution < -0.4 is 10.0 Å². The van der Waals surface area contributed by atoms with Crippen LogP contribution in [0.5, 0.6) is 0 Å². The number of ether oxygens (including phenoxy) is 1. The van der Waals surface area contributed by atoms with E-state index in [-0.39, 0.29) is 10.9 Å². The third-order valence-electron chi connectivity index (χ3n) is 3.18. The molecular formula is C13H21N3O3S. The van der Waals surface area contributed by atoms with Gasteiger partial charge in [0.05, 0.1) is 5.69 Å². The Bertz CT molecular complexity index is 527. The second kappa shape index (κ2) is 7.01. The molecule has 0 radical (unpaired) electrons. The zero-order valence-corrected chi connectivity index (χ0v) is 12.4. The van der Waals surface area contributed by atoms with Crippen LogP contribution in [0, 0.1) is 0 Å². The maximum Gasteiger partial charge on any atom is 0.244 e. The highest BCUT2D eigenvalue weighted by atomic mass is 32.2. The van der Waals surface area contributed by atoms with Gasteiger partial charge < -0.3 is 10.1 Å². The van der Waals surface area contributed by atoms with E-state index in [2.05, 4.69) is 15.0 Å². The van der Waals surface area contributed by atoms with Gasteiger partial charge in [-0.3, -0.25) is 4.98 Å². The fourth-order valence-corrected chi connectivity index (χ4v) is 3.53. The Morgan fingerprint density at radius 3 is 2.85 bits per heavy atom. The zero-order chi connectivity index (χ0) is 14.4. The summed E-state index contributed by atoms with van der Waals surface area (Å²) in [4.78, 5) is 4.14. The average molecular weight is 299 g/mol. The summed E-state index contributed by atoms with van der Waals surface area (Å²) in [5.74, 6) is 0. The molecule has 1 aromatic rings. The van der Waals surface area contributed by atoms with Gasteiger partial charge in [-0.2, -0.15) is 0 Å². The molecule has 2 heterocycles. The molecule has 2 rings (SSSR count). The van der Waals surface area contributed by atoms with Gasteiger partial charge in [-0.1, -0.05) is 6.92 Å². The van der Waals surface area contributed by atoms with Gasteiger partial charge in [0, 0.05) is 38.2 Å². The van der Waals surface area contributed by atoms with Gasteiger partial charge in [0.2, 0.25) is 10.0 Å². The molecule has 1 fully saturated rings. The van der Waals surface area contributed by atoms with Crippen LogP contribution in [0.4, 0.5) is 5.69 Å². The number of anilines is 1. The van der Waals surface area contributed by atoms with E-state index in [0.717, 1.165) is 13.0 Å². The first kappa shape index (κ1) is 15.2. The highest BCUT2D eigenvalue weighted by molar-refractivity contribution is 7.89. The molecule has 1 aliphatic heterocycles. The lowest BCUT2D eigenvalue weighted by atomic mass is 10.1. The fraction of sp³-hybridized carbons (Fsp3) is 0.615. The number of nitrogens with zero attached hydrogens (tertiary/aromatic N) is 1. The minimum Gasteiger partial charge on any atom is -0.384 e. The first-order valence-corrected chi connectivity index (χ1v) is 8.40. The van der Waals surface area contributed by atoms with Gasteiger partial charge >= 0.3 is 0 Å². The number of aromatic nitrogens is 1. The first-order chi connectivity index (χ1) is 9.63. The first-order valence-electron chi connectivity index (χ1n) is 6.91. The van der Waals surface area contributed by atoms with E-state index < -0.39 is 10.0 Å². The summed E-state index contributed by atoms with van der Waals surface area (Å²) in [6.45, 7) is 3.95. The van der Waals surface area contributed by atoms with Gasteiger partial charge in [-0.15, -0.1) is 0 Å². The van der Waals surface area contributed by atoms with Gasteiger partial charge in [0.15, 0.2) is 0 Å². The summed E-state index contributed by atoms with van der Waals surface area (Å²) in [7, 11) is -3.55. The number of hydrogen-bond donors (Lipinski definition) is 2. The minimum absolute atomic E-state index is 0.0621. The largest absolute Gasteiger partial charge is 0.384 e. The monoisotopic (exact) mass is 299 g/mol. The van der Waals surface area contributed by atoms with E-state index in [1.165, 1.54) is 6.20 Å². The molecule has 0 aromatic carbocycles. The Labute approximate surface area is 120 Å². The van der Waals surface area contributed by atoms with E-state index in [9.17, 15) is 8.42 Å². The highest BCUT2D eigenvalue weighted by Gasteiger charge is 2.24. The molecule has 0 unspecified atom stereocenters. The quantitative estimate of drug-likeness (QED) is 0.829. The Balaban J connectivity index is 2.15. The van der Waals surface area contributed by atoms with Crippen molar-refractivity contribution >= 4 is 15.7 Å². The molecule has 0 amide bonds. The summed E-state index contributed by atoms with van der Waals surface area (Å²) in [6.07, 6.45) is 5.31. The smallest absolute Gasteiger partial charge is 0.244 e. The molecule has 112 valence electrons. The lowest BCUT2D eigenvalue weighted by molar-refractivity contribution is 0.0832. The average Bonchev–Trinajstić information content (AvgIpc) is 2.46. The van der Waals surface area contributed by atoms with Crippen LogP contribution in [-0.4, -0.2) is 39.2 Å². The summed E-state index contributed by atoms with van der Waals surface area (Å²) in [6, 6.07) is 1.63. The zero-order valence-electron chi connectivity index (χ0n) is 11.6. The van der Waals surface area contributed by atoms with Crippen LogP contribution in [0.1, 0.15) is 26.2 Å². The number of rotatable bonds is 6. The van der Waals surface area contributed by atoms with Crippen LogP contribution in [-0.2, 0) is 14.8 Å². The SMILES string of the molecule is CCCNc1ccncc1S(=O)(=O)NC1CCOCC1. The van der Waals surface area contributed by atoms with Gasteiger partial charge in [0.1, 0.15) is 4.90 Å². The Morgan fingerprint density at radius 2 is 2.15 bits per heavy atom. The normalized spacial score (nSPS) is 17.1. The molecule has 0 saturated carbocycles. The van der Waals surface area contributed by atoms with Crippen molar-refractivity contribution in [3.63, 3.8) is 0 Å². The van der Waals surface area contributed by atoms with Crippen LogP contribution in [0.25, 0.3) is 0 Å². The van der Waals surface area contributed by atoms with E-state index in [1.54, 1.807) is 12.3 Å². The molecule has 20 heavy (non-hydrogen) atoms. The van der Waals surface area contributed by atoms with Crippen molar-refractivity contribution in [1.82, 2.24) is 9.71 Å². The molecule has 0 aliphatic carbocycles. The molecule has 0 atom stereocenters. The molecule has 0 spiro atoms. The van der Waals surface area contributed by atoms with Crippen molar-refractivity contribution in [1.29, 1.82) is 0 Å². The predicted octanol–water partition coefficient (Wildman–Crippen LogP) is 1.36. The summed E-state index contributed by atoms with van der Waals surface area (Å²) >= 11 is 0. The van der Waals surface area contributed by atoms with Crippen molar-refractivity contribution in [2.24, 2.45) is 0 Å². The standard InChI is InChI=1S/C13H21N3O3S/c1-2-6-15-12-3-7-14-10-13(12)20(17,18)16-11-4-8-19-9-5-11/h3,7,10-11,16H,2,4-6,8-9H2,1H3,(H,14,15). The third kappa shape index (κ3) is 3.91. The number of nitrogens with one attached hydrogen (secondary N) is 2. The second-order valence-electron chi connectivity index (χ2n) is 4.81. The molecule has 1 saturated heterocycles. The van der Waals surface area contributed by atoms with Crippen LogP contribution >= 0.6 is 0 Å². The molecule has 0 bridgehead atoms. The lowest BCUT2D eigenvalue weighted by Gasteiger charge is -2.23. The summed E-state index contributed by atoms with van der Waals surface area (Å²) < 4.78 is 32.9. The fourth-order valence-electron chi connectivity index (χ4n) is 2.10. The number of sulfonamides is 1. The summed E-state index contributed by atoms with van der Waals surface area (Å²) in [5, 5.41) is 3.12. The molecule has 1 aromatic heterocycles. The van der Waals surface area contributed by atoms with Crippen LogP contribution in [0.3, 0.4) is 0 Å². The Morgan fingerprint density at radius 1 is 1.40 bits per heavy atom.